The Labute approximate surface area is 135 Å². The van der Waals surface area contributed by atoms with E-state index in [-0.39, 0.29) is 5.91 Å². The summed E-state index contributed by atoms with van der Waals surface area (Å²) in [6, 6.07) is 10.3. The Bertz CT molecular complexity index is 683. The van der Waals surface area contributed by atoms with Gasteiger partial charge in [0.1, 0.15) is 10.7 Å². The van der Waals surface area contributed by atoms with Gasteiger partial charge in [0.25, 0.3) is 5.91 Å². The number of nitriles is 1. The van der Waals surface area contributed by atoms with Gasteiger partial charge in [-0.05, 0) is 11.5 Å². The topological polar surface area (TPSA) is 57.0 Å². The van der Waals surface area contributed by atoms with E-state index >= 15 is 0 Å². The van der Waals surface area contributed by atoms with Crippen LogP contribution in [0.15, 0.2) is 29.6 Å². The average molecular weight is 313 g/mol. The fourth-order valence-corrected chi connectivity index (χ4v) is 2.83. The summed E-state index contributed by atoms with van der Waals surface area (Å²) < 4.78 is 0. The van der Waals surface area contributed by atoms with Crippen LogP contribution in [0.25, 0.3) is 10.6 Å². The van der Waals surface area contributed by atoms with E-state index in [2.05, 4.69) is 31.0 Å². The lowest BCUT2D eigenvalue weighted by Crippen LogP contribution is -2.27. The van der Waals surface area contributed by atoms with E-state index in [1.54, 1.807) is 12.4 Å². The highest BCUT2D eigenvalue weighted by atomic mass is 32.1. The predicted molar refractivity (Wildman–Crippen MR) is 88.8 cm³/mol. The first-order valence-electron chi connectivity index (χ1n) is 7.21. The van der Waals surface area contributed by atoms with Crippen LogP contribution in [0.5, 0.6) is 0 Å². The van der Waals surface area contributed by atoms with Crippen molar-refractivity contribution in [3.8, 4) is 16.6 Å². The van der Waals surface area contributed by atoms with Gasteiger partial charge in [0.2, 0.25) is 0 Å². The maximum absolute atomic E-state index is 12.2. The summed E-state index contributed by atoms with van der Waals surface area (Å²) in [5.74, 6) is 0.354. The molecule has 0 saturated heterocycles. The highest BCUT2D eigenvalue weighted by Crippen LogP contribution is 2.26. The number of hydrogen-bond acceptors (Lipinski definition) is 4. The van der Waals surface area contributed by atoms with Crippen LogP contribution in [0.2, 0.25) is 0 Å². The second-order valence-electron chi connectivity index (χ2n) is 5.45. The van der Waals surface area contributed by atoms with E-state index in [1.165, 1.54) is 21.8 Å². The molecule has 4 nitrogen and oxygen atoms in total. The van der Waals surface area contributed by atoms with E-state index in [0.717, 1.165) is 10.6 Å². The van der Waals surface area contributed by atoms with Gasteiger partial charge in [0.05, 0.1) is 12.5 Å². The molecule has 1 aromatic heterocycles. The Balaban J connectivity index is 2.14. The molecule has 114 valence electrons. The second kappa shape index (κ2) is 7.19. The van der Waals surface area contributed by atoms with Crippen molar-refractivity contribution in [1.29, 1.82) is 5.26 Å². The van der Waals surface area contributed by atoms with Gasteiger partial charge in [-0.15, -0.1) is 11.3 Å². The lowest BCUT2D eigenvalue weighted by molar-refractivity contribution is 0.0793. The van der Waals surface area contributed by atoms with Gasteiger partial charge in [-0.3, -0.25) is 4.79 Å². The minimum Gasteiger partial charge on any atom is -0.339 e. The van der Waals surface area contributed by atoms with Gasteiger partial charge in [0.15, 0.2) is 0 Å². The van der Waals surface area contributed by atoms with E-state index in [9.17, 15) is 4.79 Å². The van der Waals surface area contributed by atoms with Crippen LogP contribution in [0.1, 0.15) is 42.2 Å². The van der Waals surface area contributed by atoms with Crippen molar-refractivity contribution in [3.63, 3.8) is 0 Å². The van der Waals surface area contributed by atoms with Gasteiger partial charge in [-0.2, -0.15) is 5.26 Å². The first kappa shape index (κ1) is 16.2. The molecule has 1 amide bonds. The number of rotatable bonds is 5. The summed E-state index contributed by atoms with van der Waals surface area (Å²) in [5.41, 5.74) is 2.74. The van der Waals surface area contributed by atoms with Crippen LogP contribution in [0, 0.1) is 11.3 Å². The Morgan fingerprint density at radius 3 is 2.64 bits per heavy atom. The summed E-state index contributed by atoms with van der Waals surface area (Å²) in [5, 5.41) is 11.2. The molecule has 0 atom stereocenters. The van der Waals surface area contributed by atoms with Gasteiger partial charge >= 0.3 is 0 Å². The largest absolute Gasteiger partial charge is 0.339 e. The van der Waals surface area contributed by atoms with E-state index < -0.39 is 0 Å². The summed E-state index contributed by atoms with van der Waals surface area (Å²) in [6.07, 6.45) is 0.329. The van der Waals surface area contributed by atoms with Gasteiger partial charge in [-0.1, -0.05) is 38.1 Å². The zero-order chi connectivity index (χ0) is 16.1. The molecule has 0 aliphatic rings. The number of aromatic nitrogens is 1. The summed E-state index contributed by atoms with van der Waals surface area (Å²) >= 11 is 1.46. The quantitative estimate of drug-likeness (QED) is 0.840. The SMILES string of the molecule is CC(C)c1ccc(-c2nc(C(=O)N(C)CCC#N)cs2)cc1. The molecule has 2 aromatic rings. The number of thiazole rings is 1. The second-order valence-corrected chi connectivity index (χ2v) is 6.31. The number of carbonyl (C=O) groups excluding carboxylic acids is 1. The van der Waals surface area contributed by atoms with Crippen LogP contribution in [0.4, 0.5) is 0 Å². The van der Waals surface area contributed by atoms with Crippen molar-refractivity contribution in [3.05, 3.63) is 40.9 Å². The number of hydrogen-bond donors (Lipinski definition) is 0. The third-order valence-electron chi connectivity index (χ3n) is 3.45. The first-order valence-corrected chi connectivity index (χ1v) is 8.09. The van der Waals surface area contributed by atoms with E-state index in [4.69, 9.17) is 5.26 Å². The van der Waals surface area contributed by atoms with Crippen molar-refractivity contribution in [2.75, 3.05) is 13.6 Å². The standard InChI is InChI=1S/C17H19N3OS/c1-12(2)13-5-7-14(8-6-13)16-19-15(11-22-16)17(21)20(3)10-4-9-18/h5-8,11-12H,4,10H2,1-3H3. The zero-order valence-corrected chi connectivity index (χ0v) is 13.9. The molecule has 0 bridgehead atoms. The van der Waals surface area contributed by atoms with Crippen LogP contribution in [0.3, 0.4) is 0 Å². The van der Waals surface area contributed by atoms with Crippen LogP contribution < -0.4 is 0 Å². The summed E-state index contributed by atoms with van der Waals surface area (Å²) in [7, 11) is 1.69. The molecule has 2 rings (SSSR count). The third-order valence-corrected chi connectivity index (χ3v) is 4.34. The lowest BCUT2D eigenvalue weighted by atomic mass is 10.0. The molecule has 0 aliphatic heterocycles. The molecule has 5 heteroatoms. The number of carbonyl (C=O) groups is 1. The highest BCUT2D eigenvalue weighted by molar-refractivity contribution is 7.13. The minimum atomic E-state index is -0.142. The Kier molecular flexibility index (Phi) is 5.29. The Morgan fingerprint density at radius 1 is 1.36 bits per heavy atom. The maximum atomic E-state index is 12.2. The van der Waals surface area contributed by atoms with Crippen LogP contribution >= 0.6 is 11.3 Å². The number of nitrogens with zero attached hydrogens (tertiary/aromatic N) is 3. The van der Waals surface area contributed by atoms with Crippen molar-refractivity contribution in [1.82, 2.24) is 9.88 Å². The molecule has 1 heterocycles. The molecule has 22 heavy (non-hydrogen) atoms. The Morgan fingerprint density at radius 2 is 2.05 bits per heavy atom. The van der Waals surface area contributed by atoms with Crippen molar-refractivity contribution < 1.29 is 4.79 Å². The first-order chi connectivity index (χ1) is 10.5. The lowest BCUT2D eigenvalue weighted by Gasteiger charge is -2.13. The summed E-state index contributed by atoms with van der Waals surface area (Å²) in [4.78, 5) is 18.2. The molecule has 0 saturated carbocycles. The predicted octanol–water partition coefficient (Wildman–Crippen LogP) is 3.92. The molecule has 0 fully saturated rings. The van der Waals surface area contributed by atoms with Crippen LogP contribution in [-0.2, 0) is 0 Å². The van der Waals surface area contributed by atoms with Crippen LogP contribution in [-0.4, -0.2) is 29.4 Å². The molecule has 0 spiro atoms. The van der Waals surface area contributed by atoms with E-state index in [0.29, 0.717) is 24.6 Å². The van der Waals surface area contributed by atoms with E-state index in [1.807, 2.05) is 18.2 Å². The maximum Gasteiger partial charge on any atom is 0.273 e. The monoisotopic (exact) mass is 313 g/mol. The fraction of sp³-hybridized carbons (Fsp3) is 0.353. The fourth-order valence-electron chi connectivity index (χ4n) is 2.03. The molecular formula is C17H19N3OS. The number of amides is 1. The minimum absolute atomic E-state index is 0.142. The molecule has 0 N–H and O–H groups in total. The van der Waals surface area contributed by atoms with Gasteiger partial charge < -0.3 is 4.90 Å². The van der Waals surface area contributed by atoms with Gasteiger partial charge in [0, 0.05) is 24.5 Å². The summed E-state index contributed by atoms with van der Waals surface area (Å²) in [6.45, 7) is 4.74. The Hall–Kier alpha value is -2.19. The molecule has 0 radical (unpaired) electrons. The average Bonchev–Trinajstić information content (AvgIpc) is 3.01. The molecular weight excluding hydrogens is 294 g/mol. The highest BCUT2D eigenvalue weighted by Gasteiger charge is 2.15. The van der Waals surface area contributed by atoms with Crippen molar-refractivity contribution >= 4 is 17.2 Å². The molecule has 0 unspecified atom stereocenters. The van der Waals surface area contributed by atoms with Gasteiger partial charge in [-0.25, -0.2) is 4.98 Å². The third kappa shape index (κ3) is 3.71. The van der Waals surface area contributed by atoms with Crippen molar-refractivity contribution in [2.45, 2.75) is 26.2 Å². The smallest absolute Gasteiger partial charge is 0.273 e. The molecule has 0 aliphatic carbocycles. The number of benzene rings is 1. The zero-order valence-electron chi connectivity index (χ0n) is 13.0. The molecule has 1 aromatic carbocycles. The normalized spacial score (nSPS) is 10.5. The van der Waals surface area contributed by atoms with Crippen molar-refractivity contribution in [2.24, 2.45) is 0 Å².